The number of imidazole rings is 1. The molecule has 4 aromatic rings. The molecule has 0 spiro atoms. The fourth-order valence-corrected chi connectivity index (χ4v) is 6.26. The third kappa shape index (κ3) is 2.37. The Balaban J connectivity index is 1.98. The van der Waals surface area contributed by atoms with Crippen molar-refractivity contribution in [3.8, 4) is 0 Å². The number of nitrogens with zero attached hydrogens (tertiary/aromatic N) is 2. The van der Waals surface area contributed by atoms with Crippen molar-refractivity contribution in [1.29, 1.82) is 0 Å². The highest BCUT2D eigenvalue weighted by molar-refractivity contribution is 6.53. The Kier molecular flexibility index (Phi) is 4.06. The SMILES string of the molecule is Bc1c2c(c3c(nc4c5ccc(C(C)(C)C)cc5ccn43)c1B)C(C)(C)C(C)(C)C2(C)C. The second-order valence-corrected chi connectivity index (χ2v) is 12.7. The minimum Gasteiger partial charge on any atom is -0.299 e. The van der Waals surface area contributed by atoms with E-state index < -0.39 is 0 Å². The fourth-order valence-electron chi connectivity index (χ4n) is 6.26. The zero-order valence-electron chi connectivity index (χ0n) is 21.8. The summed E-state index contributed by atoms with van der Waals surface area (Å²) in [6, 6.07) is 9.17. The lowest BCUT2D eigenvalue weighted by Crippen LogP contribution is -2.44. The molecule has 0 fully saturated rings. The van der Waals surface area contributed by atoms with Crippen LogP contribution in [-0.4, -0.2) is 25.1 Å². The predicted molar refractivity (Wildman–Crippen MR) is 145 cm³/mol. The first-order chi connectivity index (χ1) is 14.6. The molecule has 0 radical (unpaired) electrons. The largest absolute Gasteiger partial charge is 0.299 e. The topological polar surface area (TPSA) is 17.3 Å². The third-order valence-corrected chi connectivity index (χ3v) is 9.63. The number of pyridine rings is 1. The highest BCUT2D eigenvalue weighted by Crippen LogP contribution is 2.62. The number of hydrogen-bond acceptors (Lipinski definition) is 1. The molecule has 32 heavy (non-hydrogen) atoms. The van der Waals surface area contributed by atoms with Crippen molar-refractivity contribution in [3.63, 3.8) is 0 Å². The predicted octanol–water partition coefficient (Wildman–Crippen LogP) is 4.05. The van der Waals surface area contributed by atoms with Crippen LogP contribution in [-0.2, 0) is 16.2 Å². The lowest BCUT2D eigenvalue weighted by atomic mass is 9.58. The lowest BCUT2D eigenvalue weighted by Gasteiger charge is -2.44. The number of benzene rings is 2. The van der Waals surface area contributed by atoms with Gasteiger partial charge in [-0.2, -0.15) is 0 Å². The second-order valence-electron chi connectivity index (χ2n) is 12.7. The zero-order chi connectivity index (χ0) is 23.6. The van der Waals surface area contributed by atoms with Crippen LogP contribution in [0, 0.1) is 5.41 Å². The first-order valence-electron chi connectivity index (χ1n) is 12.0. The van der Waals surface area contributed by atoms with Crippen LogP contribution in [0.15, 0.2) is 30.5 Å². The molecule has 0 unspecified atom stereocenters. The number of fused-ring (bicyclic) bond motifs is 7. The van der Waals surface area contributed by atoms with Crippen LogP contribution in [0.2, 0.25) is 0 Å². The molecule has 2 heterocycles. The van der Waals surface area contributed by atoms with Gasteiger partial charge in [-0.3, -0.25) is 4.40 Å². The van der Waals surface area contributed by atoms with Crippen molar-refractivity contribution in [2.75, 3.05) is 0 Å². The number of hydrogen-bond donors (Lipinski definition) is 0. The molecule has 0 atom stereocenters. The van der Waals surface area contributed by atoms with Gasteiger partial charge < -0.3 is 0 Å². The summed E-state index contributed by atoms with van der Waals surface area (Å²) in [5, 5.41) is 2.50. The summed E-state index contributed by atoms with van der Waals surface area (Å²) < 4.78 is 2.37. The van der Waals surface area contributed by atoms with E-state index >= 15 is 0 Å². The van der Waals surface area contributed by atoms with Crippen LogP contribution in [0.3, 0.4) is 0 Å². The Hall–Kier alpha value is -2.22. The van der Waals surface area contributed by atoms with E-state index in [1.165, 1.54) is 43.9 Å². The molecule has 1 aliphatic rings. The molecule has 0 saturated heterocycles. The summed E-state index contributed by atoms with van der Waals surface area (Å²) in [4.78, 5) is 5.30. The van der Waals surface area contributed by atoms with Gasteiger partial charge in [-0.05, 0) is 49.8 Å². The summed E-state index contributed by atoms with van der Waals surface area (Å²) in [6.07, 6.45) is 2.25. The van der Waals surface area contributed by atoms with Crippen molar-refractivity contribution in [2.45, 2.75) is 78.6 Å². The van der Waals surface area contributed by atoms with E-state index in [0.29, 0.717) is 0 Å². The molecule has 5 rings (SSSR count). The van der Waals surface area contributed by atoms with Gasteiger partial charge in [-0.1, -0.05) is 91.4 Å². The van der Waals surface area contributed by atoms with Gasteiger partial charge in [0.05, 0.1) is 11.0 Å². The van der Waals surface area contributed by atoms with Gasteiger partial charge in [0, 0.05) is 11.6 Å². The van der Waals surface area contributed by atoms with Crippen LogP contribution >= 0.6 is 0 Å². The van der Waals surface area contributed by atoms with Gasteiger partial charge in [0.25, 0.3) is 0 Å². The normalized spacial score (nSPS) is 19.2. The van der Waals surface area contributed by atoms with Gasteiger partial charge in [-0.25, -0.2) is 4.98 Å². The first kappa shape index (κ1) is 21.6. The van der Waals surface area contributed by atoms with Crippen molar-refractivity contribution in [2.24, 2.45) is 5.41 Å². The van der Waals surface area contributed by atoms with E-state index in [9.17, 15) is 0 Å². The molecule has 0 aliphatic heterocycles. The standard InChI is InChI=1S/C28H36B2N2/c1-25(2,3)16-10-11-17-15(14-16)12-13-32-23-19-18(20(29)21(30)22(23)31-24(17)32)26(4,5)28(8,9)27(19,6)7/h10-14H,29-30H2,1-9H3. The molecule has 2 nitrogen and oxygen atoms in total. The maximum Gasteiger partial charge on any atom is 0.145 e. The van der Waals surface area contributed by atoms with E-state index in [2.05, 4.69) is 113 Å². The molecule has 2 aromatic heterocycles. The molecule has 0 N–H and O–H groups in total. The van der Waals surface area contributed by atoms with Crippen molar-refractivity contribution < 1.29 is 0 Å². The van der Waals surface area contributed by atoms with Crippen molar-refractivity contribution >= 4 is 54.1 Å². The minimum atomic E-state index is 0.0313. The molecule has 0 saturated carbocycles. The summed E-state index contributed by atoms with van der Waals surface area (Å²) in [7, 11) is 4.57. The Morgan fingerprint density at radius 3 is 2.09 bits per heavy atom. The third-order valence-electron chi connectivity index (χ3n) is 9.63. The highest BCUT2D eigenvalue weighted by atomic mass is 15.0. The average Bonchev–Trinajstić information content (AvgIpc) is 3.12. The molecule has 1 aliphatic carbocycles. The number of rotatable bonds is 0. The van der Waals surface area contributed by atoms with Crippen LogP contribution < -0.4 is 10.9 Å². The summed E-state index contributed by atoms with van der Waals surface area (Å²) in [5.74, 6) is 0. The summed E-state index contributed by atoms with van der Waals surface area (Å²) in [6.45, 7) is 21.5. The van der Waals surface area contributed by atoms with Gasteiger partial charge in [0.15, 0.2) is 0 Å². The lowest BCUT2D eigenvalue weighted by molar-refractivity contribution is 0.126. The second kappa shape index (κ2) is 6.01. The first-order valence-corrected chi connectivity index (χ1v) is 12.0. The van der Waals surface area contributed by atoms with E-state index in [-0.39, 0.29) is 21.7 Å². The van der Waals surface area contributed by atoms with E-state index in [1.54, 1.807) is 0 Å². The van der Waals surface area contributed by atoms with E-state index in [1.807, 2.05) is 0 Å². The Morgan fingerprint density at radius 2 is 1.47 bits per heavy atom. The van der Waals surface area contributed by atoms with Crippen molar-refractivity contribution in [3.05, 3.63) is 47.2 Å². The van der Waals surface area contributed by atoms with Crippen LogP contribution in [0.1, 0.15) is 79.0 Å². The van der Waals surface area contributed by atoms with Crippen LogP contribution in [0.4, 0.5) is 0 Å². The summed E-state index contributed by atoms with van der Waals surface area (Å²) >= 11 is 0. The smallest absolute Gasteiger partial charge is 0.145 e. The molecular weight excluding hydrogens is 386 g/mol. The van der Waals surface area contributed by atoms with Gasteiger partial charge in [0.1, 0.15) is 21.3 Å². The Bertz CT molecular complexity index is 1450. The van der Waals surface area contributed by atoms with Crippen LogP contribution in [0.5, 0.6) is 0 Å². The Morgan fingerprint density at radius 1 is 0.844 bits per heavy atom. The van der Waals surface area contributed by atoms with Gasteiger partial charge in [0.2, 0.25) is 0 Å². The van der Waals surface area contributed by atoms with Gasteiger partial charge >= 0.3 is 0 Å². The highest BCUT2D eigenvalue weighted by Gasteiger charge is 2.58. The monoisotopic (exact) mass is 422 g/mol. The molecule has 0 amide bonds. The van der Waals surface area contributed by atoms with E-state index in [4.69, 9.17) is 4.98 Å². The van der Waals surface area contributed by atoms with Crippen molar-refractivity contribution in [1.82, 2.24) is 9.38 Å². The molecule has 164 valence electrons. The molecular formula is C28H36B2N2. The van der Waals surface area contributed by atoms with E-state index in [0.717, 1.165) is 11.2 Å². The molecule has 0 bridgehead atoms. The maximum absolute atomic E-state index is 5.30. The summed E-state index contributed by atoms with van der Waals surface area (Å²) in [5.41, 5.74) is 11.0. The molecule has 4 heteroatoms. The Labute approximate surface area is 194 Å². The fraction of sp³-hybridized carbons (Fsp3) is 0.464. The van der Waals surface area contributed by atoms with Gasteiger partial charge in [-0.15, -0.1) is 0 Å². The van der Waals surface area contributed by atoms with Crippen LogP contribution in [0.25, 0.3) is 27.5 Å². The average molecular weight is 422 g/mol. The number of aromatic nitrogens is 2. The minimum absolute atomic E-state index is 0.0313. The molecule has 2 aromatic carbocycles. The maximum atomic E-state index is 5.30. The quantitative estimate of drug-likeness (QED) is 0.391. The zero-order valence-corrected chi connectivity index (χ0v) is 21.8.